The van der Waals surface area contributed by atoms with Crippen LogP contribution in [0.15, 0.2) is 16.8 Å². The molecule has 100 valence electrons. The van der Waals surface area contributed by atoms with Crippen LogP contribution in [-0.2, 0) is 4.79 Å². The average Bonchev–Trinajstić information content (AvgIpc) is 2.88. The Labute approximate surface area is 110 Å². The highest BCUT2D eigenvalue weighted by Gasteiger charge is 2.06. The van der Waals surface area contributed by atoms with E-state index in [1.165, 1.54) is 11.3 Å². The second kappa shape index (κ2) is 8.66. The van der Waals surface area contributed by atoms with Gasteiger partial charge in [0, 0.05) is 37.1 Å². The van der Waals surface area contributed by atoms with E-state index < -0.39 is 0 Å². The van der Waals surface area contributed by atoms with Crippen LogP contribution >= 0.6 is 11.3 Å². The maximum atomic E-state index is 11.5. The van der Waals surface area contributed by atoms with Crippen molar-refractivity contribution in [1.29, 1.82) is 0 Å². The van der Waals surface area contributed by atoms with Gasteiger partial charge in [0.1, 0.15) is 0 Å². The first-order valence-electron chi connectivity index (χ1n) is 5.92. The smallest absolute Gasteiger partial charge is 0.252 e. The number of amides is 2. The summed E-state index contributed by atoms with van der Waals surface area (Å²) in [4.78, 5) is 22.9. The molecule has 0 fully saturated rings. The van der Waals surface area contributed by atoms with Crippen LogP contribution in [0.5, 0.6) is 0 Å². The zero-order valence-electron chi connectivity index (χ0n) is 10.1. The van der Waals surface area contributed by atoms with Crippen LogP contribution in [0.1, 0.15) is 29.6 Å². The van der Waals surface area contributed by atoms with Gasteiger partial charge >= 0.3 is 0 Å². The Hall–Kier alpha value is -1.40. The molecule has 1 heterocycles. The Morgan fingerprint density at radius 1 is 1.22 bits per heavy atom. The summed E-state index contributed by atoms with van der Waals surface area (Å²) in [6.07, 6.45) is 1.73. The third-order valence-electron chi connectivity index (χ3n) is 2.33. The average molecular weight is 270 g/mol. The molecule has 1 aromatic heterocycles. The molecular formula is C12H18N2O3S. The van der Waals surface area contributed by atoms with Crippen molar-refractivity contribution in [2.24, 2.45) is 0 Å². The maximum absolute atomic E-state index is 11.5. The van der Waals surface area contributed by atoms with Crippen molar-refractivity contribution in [2.75, 3.05) is 19.7 Å². The van der Waals surface area contributed by atoms with Gasteiger partial charge in [-0.05, 0) is 24.3 Å². The van der Waals surface area contributed by atoms with Crippen molar-refractivity contribution < 1.29 is 14.7 Å². The van der Waals surface area contributed by atoms with E-state index in [9.17, 15) is 9.59 Å². The number of hydrogen-bond acceptors (Lipinski definition) is 4. The first-order valence-corrected chi connectivity index (χ1v) is 6.86. The lowest BCUT2D eigenvalue weighted by Crippen LogP contribution is -2.31. The molecule has 0 aliphatic rings. The third kappa shape index (κ3) is 5.79. The Kier molecular flexibility index (Phi) is 7.05. The molecule has 0 aromatic carbocycles. The topological polar surface area (TPSA) is 78.4 Å². The Morgan fingerprint density at radius 3 is 2.72 bits per heavy atom. The number of hydrogen-bond donors (Lipinski definition) is 3. The van der Waals surface area contributed by atoms with Crippen LogP contribution in [0.2, 0.25) is 0 Å². The minimum Gasteiger partial charge on any atom is -0.396 e. The van der Waals surface area contributed by atoms with E-state index in [1.807, 2.05) is 5.38 Å². The minimum atomic E-state index is -0.149. The van der Waals surface area contributed by atoms with Gasteiger partial charge < -0.3 is 15.7 Å². The fourth-order valence-corrected chi connectivity index (χ4v) is 1.97. The van der Waals surface area contributed by atoms with E-state index in [1.54, 1.807) is 11.4 Å². The first kappa shape index (κ1) is 14.7. The van der Waals surface area contributed by atoms with Gasteiger partial charge in [-0.15, -0.1) is 0 Å². The normalized spacial score (nSPS) is 10.1. The van der Waals surface area contributed by atoms with E-state index >= 15 is 0 Å². The summed E-state index contributed by atoms with van der Waals surface area (Å²) in [7, 11) is 0. The van der Waals surface area contributed by atoms with E-state index in [0.717, 1.165) is 6.42 Å². The summed E-state index contributed by atoms with van der Waals surface area (Å²) in [5.41, 5.74) is 0.628. The van der Waals surface area contributed by atoms with E-state index in [4.69, 9.17) is 5.11 Å². The number of aliphatic hydroxyl groups excluding tert-OH is 1. The van der Waals surface area contributed by atoms with Crippen LogP contribution in [0, 0.1) is 0 Å². The number of carbonyl (C=O) groups excluding carboxylic acids is 2. The number of rotatable bonds is 8. The molecule has 0 aliphatic heterocycles. The highest BCUT2D eigenvalue weighted by atomic mass is 32.1. The predicted octanol–water partition coefficient (Wildman–Crippen LogP) is 0.757. The van der Waals surface area contributed by atoms with Crippen molar-refractivity contribution in [3.8, 4) is 0 Å². The van der Waals surface area contributed by atoms with Crippen molar-refractivity contribution in [2.45, 2.75) is 19.3 Å². The molecule has 0 radical (unpaired) electrons. The van der Waals surface area contributed by atoms with Crippen LogP contribution in [0.3, 0.4) is 0 Å². The fourth-order valence-electron chi connectivity index (χ4n) is 1.34. The van der Waals surface area contributed by atoms with Crippen molar-refractivity contribution in [3.05, 3.63) is 22.4 Å². The summed E-state index contributed by atoms with van der Waals surface area (Å²) in [6, 6.07) is 1.75. The molecule has 0 saturated heterocycles. The molecular weight excluding hydrogens is 252 g/mol. The second-order valence-electron chi connectivity index (χ2n) is 3.80. The van der Waals surface area contributed by atoms with Gasteiger partial charge in [-0.25, -0.2) is 0 Å². The van der Waals surface area contributed by atoms with E-state index in [2.05, 4.69) is 10.6 Å². The zero-order chi connectivity index (χ0) is 13.2. The summed E-state index contributed by atoms with van der Waals surface area (Å²) in [5, 5.41) is 17.6. The van der Waals surface area contributed by atoms with Crippen molar-refractivity contribution >= 4 is 23.2 Å². The van der Waals surface area contributed by atoms with Crippen LogP contribution in [0.4, 0.5) is 0 Å². The molecule has 0 unspecified atom stereocenters. The Bertz CT molecular complexity index is 365. The highest BCUT2D eigenvalue weighted by molar-refractivity contribution is 7.08. The molecule has 0 saturated carbocycles. The SMILES string of the molecule is O=C(CCNC(=O)c1ccsc1)NCCCCO. The zero-order valence-corrected chi connectivity index (χ0v) is 11.0. The monoisotopic (exact) mass is 270 g/mol. The second-order valence-corrected chi connectivity index (χ2v) is 4.58. The molecule has 1 aromatic rings. The van der Waals surface area contributed by atoms with Gasteiger partial charge in [0.05, 0.1) is 0 Å². The number of thiophene rings is 1. The standard InChI is InChI=1S/C12H18N2O3S/c15-7-2-1-5-13-11(16)3-6-14-12(17)10-4-8-18-9-10/h4,8-9,15H,1-3,5-7H2,(H,13,16)(H,14,17). The van der Waals surface area contributed by atoms with Gasteiger partial charge in [0.15, 0.2) is 0 Å². The van der Waals surface area contributed by atoms with Gasteiger partial charge in [-0.2, -0.15) is 11.3 Å². The van der Waals surface area contributed by atoms with Gasteiger partial charge in [0.25, 0.3) is 5.91 Å². The Balaban J connectivity index is 2.07. The lowest BCUT2D eigenvalue weighted by Gasteiger charge is -2.05. The molecule has 5 nitrogen and oxygen atoms in total. The molecule has 18 heavy (non-hydrogen) atoms. The Morgan fingerprint density at radius 2 is 2.06 bits per heavy atom. The fraction of sp³-hybridized carbons (Fsp3) is 0.500. The predicted molar refractivity (Wildman–Crippen MR) is 70.6 cm³/mol. The van der Waals surface area contributed by atoms with Gasteiger partial charge in [-0.3, -0.25) is 9.59 Å². The molecule has 6 heteroatoms. The summed E-state index contributed by atoms with van der Waals surface area (Å²) < 4.78 is 0. The van der Waals surface area contributed by atoms with Crippen LogP contribution in [0.25, 0.3) is 0 Å². The highest BCUT2D eigenvalue weighted by Crippen LogP contribution is 2.04. The summed E-state index contributed by atoms with van der Waals surface area (Å²) >= 11 is 1.46. The molecule has 2 amide bonds. The molecule has 3 N–H and O–H groups in total. The lowest BCUT2D eigenvalue weighted by molar-refractivity contribution is -0.120. The first-order chi connectivity index (χ1) is 8.74. The van der Waals surface area contributed by atoms with Crippen molar-refractivity contribution in [1.82, 2.24) is 10.6 Å². The van der Waals surface area contributed by atoms with Gasteiger partial charge in [-0.1, -0.05) is 0 Å². The molecule has 0 atom stereocenters. The number of aliphatic hydroxyl groups is 1. The van der Waals surface area contributed by atoms with Crippen LogP contribution < -0.4 is 10.6 Å². The quantitative estimate of drug-likeness (QED) is 0.610. The van der Waals surface area contributed by atoms with E-state index in [-0.39, 0.29) is 24.8 Å². The molecule has 0 bridgehead atoms. The largest absolute Gasteiger partial charge is 0.396 e. The van der Waals surface area contributed by atoms with Crippen LogP contribution in [-0.4, -0.2) is 36.6 Å². The summed E-state index contributed by atoms with van der Waals surface area (Å²) in [6.45, 7) is 1.05. The van der Waals surface area contributed by atoms with Crippen molar-refractivity contribution in [3.63, 3.8) is 0 Å². The number of unbranched alkanes of at least 4 members (excludes halogenated alkanes) is 1. The lowest BCUT2D eigenvalue weighted by atomic mass is 10.3. The molecule has 0 spiro atoms. The number of carbonyl (C=O) groups is 2. The maximum Gasteiger partial charge on any atom is 0.252 e. The third-order valence-corrected chi connectivity index (χ3v) is 3.01. The molecule has 0 aliphatic carbocycles. The van der Waals surface area contributed by atoms with E-state index in [0.29, 0.717) is 25.1 Å². The summed E-state index contributed by atoms with van der Waals surface area (Å²) in [5.74, 6) is -0.233. The molecule has 1 rings (SSSR count). The number of nitrogens with one attached hydrogen (secondary N) is 2. The minimum absolute atomic E-state index is 0.0847. The van der Waals surface area contributed by atoms with Gasteiger partial charge in [0.2, 0.25) is 5.91 Å².